The first-order chi connectivity index (χ1) is 6.38. The fourth-order valence-electron chi connectivity index (χ4n) is 1.89. The van der Waals surface area contributed by atoms with Crippen LogP contribution in [0.1, 0.15) is 32.6 Å². The molecule has 0 spiro atoms. The molecule has 0 saturated carbocycles. The number of thioether (sulfide) groups is 1. The van der Waals surface area contributed by atoms with Gasteiger partial charge in [-0.25, -0.2) is 0 Å². The number of nitrogens with one attached hydrogen (secondary N) is 1. The van der Waals surface area contributed by atoms with Gasteiger partial charge in [-0.1, -0.05) is 18.6 Å². The molecule has 1 nitrogen and oxygen atoms in total. The molecule has 1 unspecified atom stereocenters. The average molecular weight is 199 g/mol. The van der Waals surface area contributed by atoms with Gasteiger partial charge in [-0.2, -0.15) is 11.8 Å². The van der Waals surface area contributed by atoms with Gasteiger partial charge < -0.3 is 5.32 Å². The lowest BCUT2D eigenvalue weighted by molar-refractivity contribution is 0.580. The lowest BCUT2D eigenvalue weighted by Gasteiger charge is -2.23. The van der Waals surface area contributed by atoms with Crippen LogP contribution < -0.4 is 5.32 Å². The highest BCUT2D eigenvalue weighted by molar-refractivity contribution is 7.98. The van der Waals surface area contributed by atoms with Gasteiger partial charge in [0.25, 0.3) is 0 Å². The van der Waals surface area contributed by atoms with Crippen molar-refractivity contribution < 1.29 is 0 Å². The van der Waals surface area contributed by atoms with Gasteiger partial charge in [0.05, 0.1) is 0 Å². The molecule has 0 saturated heterocycles. The Hall–Kier alpha value is 0.0500. The Morgan fingerprint density at radius 3 is 2.92 bits per heavy atom. The summed E-state index contributed by atoms with van der Waals surface area (Å²) in [5, 5.41) is 3.56. The number of hydrogen-bond donors (Lipinski definition) is 1. The molecule has 13 heavy (non-hydrogen) atoms. The number of allylic oxidation sites excluding steroid dienone is 1. The van der Waals surface area contributed by atoms with Crippen molar-refractivity contribution in [3.8, 4) is 0 Å². The first-order valence-corrected chi connectivity index (χ1v) is 6.69. The highest BCUT2D eigenvalue weighted by Crippen LogP contribution is 2.21. The third-order valence-corrected chi connectivity index (χ3v) is 3.22. The number of likely N-dealkylation sites (N-methyl/N-ethyl adjacent to an activating group) is 1. The van der Waals surface area contributed by atoms with Crippen LogP contribution in [0.2, 0.25) is 0 Å². The van der Waals surface area contributed by atoms with E-state index in [0.717, 1.165) is 6.54 Å². The Balaban J connectivity index is 2.46. The van der Waals surface area contributed by atoms with E-state index in [2.05, 4.69) is 24.6 Å². The zero-order valence-corrected chi connectivity index (χ0v) is 9.62. The lowest BCUT2D eigenvalue weighted by atomic mass is 9.95. The molecular weight excluding hydrogens is 178 g/mol. The Labute approximate surface area is 86.4 Å². The molecule has 2 heteroatoms. The second-order valence-electron chi connectivity index (χ2n) is 3.59. The van der Waals surface area contributed by atoms with Crippen LogP contribution in [0.25, 0.3) is 0 Å². The Morgan fingerprint density at radius 2 is 2.38 bits per heavy atom. The minimum absolute atomic E-state index is 0.639. The second kappa shape index (κ2) is 6.50. The average Bonchev–Trinajstić information content (AvgIpc) is 2.19. The molecule has 1 N–H and O–H groups in total. The third-order valence-electron chi connectivity index (χ3n) is 2.56. The van der Waals surface area contributed by atoms with Gasteiger partial charge in [-0.05, 0) is 38.5 Å². The lowest BCUT2D eigenvalue weighted by Crippen LogP contribution is -2.33. The Kier molecular flexibility index (Phi) is 5.56. The first-order valence-electron chi connectivity index (χ1n) is 5.29. The van der Waals surface area contributed by atoms with Crippen LogP contribution in [-0.2, 0) is 0 Å². The zero-order valence-electron chi connectivity index (χ0n) is 8.81. The summed E-state index contributed by atoms with van der Waals surface area (Å²) in [7, 11) is 0. The molecule has 1 aliphatic carbocycles. The minimum atomic E-state index is 0.639. The summed E-state index contributed by atoms with van der Waals surface area (Å²) in [6, 6.07) is 0.639. The Morgan fingerprint density at radius 1 is 1.54 bits per heavy atom. The van der Waals surface area contributed by atoms with Crippen LogP contribution in [0, 0.1) is 0 Å². The van der Waals surface area contributed by atoms with Crippen molar-refractivity contribution in [2.75, 3.05) is 18.6 Å². The van der Waals surface area contributed by atoms with E-state index in [1.54, 1.807) is 5.57 Å². The van der Waals surface area contributed by atoms with E-state index >= 15 is 0 Å². The third kappa shape index (κ3) is 3.74. The minimum Gasteiger partial charge on any atom is -0.310 e. The van der Waals surface area contributed by atoms with Crippen molar-refractivity contribution in [2.24, 2.45) is 0 Å². The molecule has 0 aromatic heterocycles. The normalized spacial score (nSPS) is 19.7. The molecule has 0 fully saturated rings. The summed E-state index contributed by atoms with van der Waals surface area (Å²) >= 11 is 1.94. The topological polar surface area (TPSA) is 12.0 Å². The van der Waals surface area contributed by atoms with Crippen molar-refractivity contribution >= 4 is 11.8 Å². The van der Waals surface area contributed by atoms with Crippen LogP contribution in [0.5, 0.6) is 0 Å². The van der Waals surface area contributed by atoms with Crippen LogP contribution in [0.4, 0.5) is 0 Å². The summed E-state index contributed by atoms with van der Waals surface area (Å²) in [6.45, 7) is 3.28. The molecule has 1 atom stereocenters. The summed E-state index contributed by atoms with van der Waals surface area (Å²) in [4.78, 5) is 0. The molecule has 0 aromatic rings. The van der Waals surface area contributed by atoms with Gasteiger partial charge in [0, 0.05) is 11.8 Å². The van der Waals surface area contributed by atoms with E-state index in [1.807, 2.05) is 11.8 Å². The summed E-state index contributed by atoms with van der Waals surface area (Å²) in [5.41, 5.74) is 1.66. The van der Waals surface area contributed by atoms with Gasteiger partial charge >= 0.3 is 0 Å². The standard InChI is InChI=1S/C11H21NS/c1-3-12-11(9-13-2)10-7-5-4-6-8-10/h7,11-12H,3-6,8-9H2,1-2H3. The molecular formula is C11H21NS. The van der Waals surface area contributed by atoms with Crippen molar-refractivity contribution in [2.45, 2.75) is 38.6 Å². The maximum atomic E-state index is 3.56. The summed E-state index contributed by atoms with van der Waals surface area (Å²) < 4.78 is 0. The zero-order chi connectivity index (χ0) is 9.52. The van der Waals surface area contributed by atoms with Crippen molar-refractivity contribution in [1.82, 2.24) is 5.32 Å². The molecule has 0 amide bonds. The van der Waals surface area contributed by atoms with E-state index in [1.165, 1.54) is 31.4 Å². The smallest absolute Gasteiger partial charge is 0.0370 e. The predicted molar refractivity (Wildman–Crippen MR) is 62.4 cm³/mol. The maximum Gasteiger partial charge on any atom is 0.0370 e. The fourth-order valence-corrected chi connectivity index (χ4v) is 2.55. The van der Waals surface area contributed by atoms with Gasteiger partial charge in [0.15, 0.2) is 0 Å². The predicted octanol–water partition coefficient (Wildman–Crippen LogP) is 2.83. The van der Waals surface area contributed by atoms with Crippen LogP contribution in [-0.4, -0.2) is 24.6 Å². The molecule has 0 radical (unpaired) electrons. The summed E-state index contributed by atoms with van der Waals surface area (Å²) in [5.74, 6) is 1.22. The SMILES string of the molecule is CCNC(CSC)C1=CCCCC1. The Bertz CT molecular complexity index is 159. The molecule has 0 heterocycles. The molecule has 0 aromatic carbocycles. The van der Waals surface area contributed by atoms with Crippen molar-refractivity contribution in [3.05, 3.63) is 11.6 Å². The van der Waals surface area contributed by atoms with E-state index < -0.39 is 0 Å². The quantitative estimate of drug-likeness (QED) is 0.683. The highest BCUT2D eigenvalue weighted by Gasteiger charge is 2.13. The first kappa shape index (κ1) is 11.1. The second-order valence-corrected chi connectivity index (χ2v) is 4.50. The van der Waals surface area contributed by atoms with E-state index in [-0.39, 0.29) is 0 Å². The maximum absolute atomic E-state index is 3.56. The molecule has 76 valence electrons. The number of hydrogen-bond acceptors (Lipinski definition) is 2. The van der Waals surface area contributed by atoms with Crippen molar-refractivity contribution in [1.29, 1.82) is 0 Å². The van der Waals surface area contributed by atoms with E-state index in [9.17, 15) is 0 Å². The van der Waals surface area contributed by atoms with Gasteiger partial charge in [-0.3, -0.25) is 0 Å². The van der Waals surface area contributed by atoms with Gasteiger partial charge in [0.2, 0.25) is 0 Å². The fraction of sp³-hybridized carbons (Fsp3) is 0.818. The van der Waals surface area contributed by atoms with Crippen LogP contribution in [0.3, 0.4) is 0 Å². The molecule has 1 rings (SSSR count). The molecule has 0 aliphatic heterocycles. The molecule has 0 bridgehead atoms. The van der Waals surface area contributed by atoms with Gasteiger partial charge in [0.1, 0.15) is 0 Å². The monoisotopic (exact) mass is 199 g/mol. The van der Waals surface area contributed by atoms with Crippen LogP contribution >= 0.6 is 11.8 Å². The highest BCUT2D eigenvalue weighted by atomic mass is 32.2. The van der Waals surface area contributed by atoms with Crippen LogP contribution in [0.15, 0.2) is 11.6 Å². The van der Waals surface area contributed by atoms with Crippen molar-refractivity contribution in [3.63, 3.8) is 0 Å². The molecule has 1 aliphatic rings. The largest absolute Gasteiger partial charge is 0.310 e. The van der Waals surface area contributed by atoms with E-state index in [4.69, 9.17) is 0 Å². The number of rotatable bonds is 5. The summed E-state index contributed by atoms with van der Waals surface area (Å²) in [6.07, 6.45) is 10.0. The van der Waals surface area contributed by atoms with E-state index in [0.29, 0.717) is 6.04 Å². The van der Waals surface area contributed by atoms with Gasteiger partial charge in [-0.15, -0.1) is 0 Å².